The van der Waals surface area contributed by atoms with Crippen LogP contribution in [0.25, 0.3) is 5.57 Å². The van der Waals surface area contributed by atoms with E-state index in [0.717, 1.165) is 32.1 Å². The van der Waals surface area contributed by atoms with Gasteiger partial charge >= 0.3 is 0 Å². The standard InChI is InChI=1S/C21H28/c1-5-16-14-19(18-12-10-9-11-13-18)15-17(6-2)21(8-4)20(16)7-3/h9-14H,5-8,15H2,1-4H3. The minimum Gasteiger partial charge on any atom is -0.0626 e. The quantitative estimate of drug-likeness (QED) is 0.562. The van der Waals surface area contributed by atoms with Gasteiger partial charge in [-0.1, -0.05) is 69.7 Å². The van der Waals surface area contributed by atoms with E-state index in [9.17, 15) is 0 Å². The molecule has 0 aliphatic heterocycles. The van der Waals surface area contributed by atoms with E-state index < -0.39 is 0 Å². The molecule has 0 aromatic heterocycles. The van der Waals surface area contributed by atoms with Crippen molar-refractivity contribution in [1.29, 1.82) is 0 Å². The minimum atomic E-state index is 1.11. The van der Waals surface area contributed by atoms with Gasteiger partial charge in [0.05, 0.1) is 0 Å². The van der Waals surface area contributed by atoms with E-state index >= 15 is 0 Å². The molecule has 0 radical (unpaired) electrons. The Morgan fingerprint density at radius 1 is 0.762 bits per heavy atom. The van der Waals surface area contributed by atoms with Crippen LogP contribution in [-0.2, 0) is 0 Å². The maximum atomic E-state index is 2.46. The predicted molar refractivity (Wildman–Crippen MR) is 94.3 cm³/mol. The monoisotopic (exact) mass is 280 g/mol. The van der Waals surface area contributed by atoms with Gasteiger partial charge in [-0.2, -0.15) is 0 Å². The van der Waals surface area contributed by atoms with Crippen molar-refractivity contribution < 1.29 is 0 Å². The second-order valence-corrected chi connectivity index (χ2v) is 5.71. The fraction of sp³-hybridized carbons (Fsp3) is 0.429. The lowest BCUT2D eigenvalue weighted by atomic mass is 9.90. The van der Waals surface area contributed by atoms with Gasteiger partial charge in [0.2, 0.25) is 0 Å². The van der Waals surface area contributed by atoms with Gasteiger partial charge in [0.1, 0.15) is 0 Å². The Kier molecular flexibility index (Phi) is 5.61. The van der Waals surface area contributed by atoms with Crippen LogP contribution in [0.5, 0.6) is 0 Å². The van der Waals surface area contributed by atoms with Crippen LogP contribution >= 0.6 is 0 Å². The minimum absolute atomic E-state index is 1.11. The molecular formula is C21H28. The van der Waals surface area contributed by atoms with Crippen LogP contribution in [0.2, 0.25) is 0 Å². The van der Waals surface area contributed by atoms with Crippen molar-refractivity contribution in [1.82, 2.24) is 0 Å². The highest BCUT2D eigenvalue weighted by Gasteiger charge is 2.17. The molecular weight excluding hydrogens is 252 g/mol. The molecule has 0 spiro atoms. The smallest absolute Gasteiger partial charge is 0.00552 e. The Morgan fingerprint density at radius 2 is 1.43 bits per heavy atom. The first-order valence-electron chi connectivity index (χ1n) is 8.44. The molecule has 0 fully saturated rings. The molecule has 1 aliphatic carbocycles. The highest BCUT2D eigenvalue weighted by atomic mass is 14.2. The third-order valence-electron chi connectivity index (χ3n) is 4.59. The fourth-order valence-electron chi connectivity index (χ4n) is 3.49. The van der Waals surface area contributed by atoms with Gasteiger partial charge < -0.3 is 0 Å². The number of hydrogen-bond donors (Lipinski definition) is 0. The SMILES string of the molecule is CCC1=C(CC)C(CC)=C(CC)CC(c2ccccc2)=C1. The van der Waals surface area contributed by atoms with E-state index in [0.29, 0.717) is 0 Å². The molecule has 1 aromatic rings. The lowest BCUT2D eigenvalue weighted by Gasteiger charge is -2.15. The number of allylic oxidation sites excluding steroid dienone is 6. The van der Waals surface area contributed by atoms with Crippen molar-refractivity contribution in [3.05, 3.63) is 64.3 Å². The van der Waals surface area contributed by atoms with E-state index in [4.69, 9.17) is 0 Å². The van der Waals surface area contributed by atoms with Crippen LogP contribution < -0.4 is 0 Å². The van der Waals surface area contributed by atoms with E-state index in [-0.39, 0.29) is 0 Å². The molecule has 21 heavy (non-hydrogen) atoms. The summed E-state index contributed by atoms with van der Waals surface area (Å²) in [5.74, 6) is 0. The van der Waals surface area contributed by atoms with Crippen molar-refractivity contribution >= 4 is 5.57 Å². The Bertz CT molecular complexity index is 567. The first-order valence-corrected chi connectivity index (χ1v) is 8.44. The molecule has 0 nitrogen and oxygen atoms in total. The highest BCUT2D eigenvalue weighted by Crippen LogP contribution is 2.37. The number of benzene rings is 1. The zero-order valence-corrected chi connectivity index (χ0v) is 14.0. The van der Waals surface area contributed by atoms with Gasteiger partial charge in [-0.05, 0) is 60.0 Å². The second-order valence-electron chi connectivity index (χ2n) is 5.71. The van der Waals surface area contributed by atoms with Crippen molar-refractivity contribution in [2.75, 3.05) is 0 Å². The van der Waals surface area contributed by atoms with Gasteiger partial charge in [-0.25, -0.2) is 0 Å². The summed E-state index contributed by atoms with van der Waals surface area (Å²) in [5.41, 5.74) is 9.26. The maximum absolute atomic E-state index is 2.46. The van der Waals surface area contributed by atoms with Crippen molar-refractivity contribution in [2.45, 2.75) is 59.8 Å². The lowest BCUT2D eigenvalue weighted by Crippen LogP contribution is -1.96. The Labute approximate surface area is 130 Å². The molecule has 0 atom stereocenters. The van der Waals surface area contributed by atoms with Crippen molar-refractivity contribution in [3.8, 4) is 0 Å². The Morgan fingerprint density at radius 3 is 1.95 bits per heavy atom. The average Bonchev–Trinajstić information content (AvgIpc) is 2.71. The van der Waals surface area contributed by atoms with E-state index in [1.54, 1.807) is 16.7 Å². The Hall–Kier alpha value is -1.56. The van der Waals surface area contributed by atoms with Crippen LogP contribution in [-0.4, -0.2) is 0 Å². The van der Waals surface area contributed by atoms with Gasteiger partial charge in [0, 0.05) is 0 Å². The third-order valence-corrected chi connectivity index (χ3v) is 4.59. The lowest BCUT2D eigenvalue weighted by molar-refractivity contribution is 0.923. The molecule has 112 valence electrons. The summed E-state index contributed by atoms with van der Waals surface area (Å²) in [4.78, 5) is 0. The molecule has 0 saturated carbocycles. The molecule has 1 aromatic carbocycles. The highest BCUT2D eigenvalue weighted by molar-refractivity contribution is 5.72. The molecule has 0 N–H and O–H groups in total. The van der Waals surface area contributed by atoms with Crippen molar-refractivity contribution in [2.24, 2.45) is 0 Å². The Balaban J connectivity index is 2.59. The molecule has 0 saturated heterocycles. The normalized spacial score (nSPS) is 16.1. The molecule has 0 bridgehead atoms. The summed E-state index contributed by atoms with van der Waals surface area (Å²) in [6, 6.07) is 10.9. The average molecular weight is 280 g/mol. The van der Waals surface area contributed by atoms with E-state index in [1.807, 2.05) is 0 Å². The summed E-state index contributed by atoms with van der Waals surface area (Å²) in [6.07, 6.45) is 8.16. The third kappa shape index (κ3) is 3.37. The van der Waals surface area contributed by atoms with Gasteiger partial charge in [-0.15, -0.1) is 0 Å². The topological polar surface area (TPSA) is 0 Å². The van der Waals surface area contributed by atoms with Crippen molar-refractivity contribution in [3.63, 3.8) is 0 Å². The second kappa shape index (κ2) is 7.45. The van der Waals surface area contributed by atoms with E-state index in [1.165, 1.54) is 16.7 Å². The van der Waals surface area contributed by atoms with Crippen LogP contribution in [0.1, 0.15) is 65.4 Å². The zero-order chi connectivity index (χ0) is 15.2. The summed E-state index contributed by atoms with van der Waals surface area (Å²) in [6.45, 7) is 9.20. The first-order chi connectivity index (χ1) is 10.2. The first kappa shape index (κ1) is 15.8. The molecule has 0 unspecified atom stereocenters. The summed E-state index contributed by atoms with van der Waals surface area (Å²) in [7, 11) is 0. The molecule has 0 heteroatoms. The van der Waals surface area contributed by atoms with E-state index in [2.05, 4.69) is 64.1 Å². The van der Waals surface area contributed by atoms with Gasteiger partial charge in [-0.3, -0.25) is 0 Å². The van der Waals surface area contributed by atoms with Gasteiger partial charge in [0.15, 0.2) is 0 Å². The summed E-state index contributed by atoms with van der Waals surface area (Å²) >= 11 is 0. The molecule has 2 rings (SSSR count). The van der Waals surface area contributed by atoms with Crippen LogP contribution in [0, 0.1) is 0 Å². The van der Waals surface area contributed by atoms with Crippen LogP contribution in [0.15, 0.2) is 58.7 Å². The number of hydrogen-bond acceptors (Lipinski definition) is 0. The number of rotatable bonds is 5. The summed E-state index contributed by atoms with van der Waals surface area (Å²) in [5, 5.41) is 0. The van der Waals surface area contributed by atoms with Crippen LogP contribution in [0.3, 0.4) is 0 Å². The maximum Gasteiger partial charge on any atom is -0.00552 e. The predicted octanol–water partition coefficient (Wildman–Crippen LogP) is 6.71. The van der Waals surface area contributed by atoms with Gasteiger partial charge in [0.25, 0.3) is 0 Å². The largest absolute Gasteiger partial charge is 0.0626 e. The fourth-order valence-corrected chi connectivity index (χ4v) is 3.49. The van der Waals surface area contributed by atoms with Crippen LogP contribution in [0.4, 0.5) is 0 Å². The summed E-state index contributed by atoms with van der Waals surface area (Å²) < 4.78 is 0. The molecule has 1 aliphatic rings. The molecule has 0 heterocycles. The molecule has 0 amide bonds. The zero-order valence-electron chi connectivity index (χ0n) is 14.0.